The third kappa shape index (κ3) is 5.75. The molecule has 2 N–H and O–H groups in total. The summed E-state index contributed by atoms with van der Waals surface area (Å²) in [5.41, 5.74) is 2.71. The number of nitrogens with one attached hydrogen (secondary N) is 1. The first-order valence-electron chi connectivity index (χ1n) is 11.5. The van der Waals surface area contributed by atoms with E-state index in [1.165, 1.54) is 16.3 Å². The molecule has 4 heteroatoms. The second-order valence-electron chi connectivity index (χ2n) is 9.57. The summed E-state index contributed by atoms with van der Waals surface area (Å²) in [5, 5.41) is 26.0. The van der Waals surface area contributed by atoms with Crippen LogP contribution in [0.5, 0.6) is 0 Å². The average Bonchev–Trinajstić information content (AvgIpc) is 3.63. The zero-order valence-electron chi connectivity index (χ0n) is 18.9. The molecule has 4 rings (SSSR count). The second-order valence-corrected chi connectivity index (χ2v) is 9.57. The Labute approximate surface area is 190 Å². The zero-order valence-corrected chi connectivity index (χ0v) is 18.9. The van der Waals surface area contributed by atoms with Crippen LogP contribution < -0.4 is 5.32 Å². The van der Waals surface area contributed by atoms with Crippen molar-refractivity contribution < 1.29 is 9.84 Å². The van der Waals surface area contributed by atoms with E-state index in [0.717, 1.165) is 24.8 Å². The van der Waals surface area contributed by atoms with E-state index in [4.69, 9.17) is 4.74 Å². The highest BCUT2D eigenvalue weighted by molar-refractivity contribution is 5.83. The van der Waals surface area contributed by atoms with Gasteiger partial charge in [-0.25, -0.2) is 0 Å². The van der Waals surface area contributed by atoms with E-state index in [9.17, 15) is 10.4 Å². The van der Waals surface area contributed by atoms with Crippen LogP contribution in [-0.4, -0.2) is 29.9 Å². The van der Waals surface area contributed by atoms with Crippen molar-refractivity contribution in [3.63, 3.8) is 0 Å². The van der Waals surface area contributed by atoms with Crippen molar-refractivity contribution in [2.24, 2.45) is 5.92 Å². The fraction of sp³-hybridized carbons (Fsp3) is 0.393. The molecule has 0 amide bonds. The molecule has 0 heterocycles. The standard InChI is InChI=1S/C28H32N2O2/c1-28(2,16-20-11-12-21-7-3-4-8-23(21)15-20)30-18-25(31)19-32-27(22-13-14-22)26-10-6-5-9-24(26)17-29/h3-12,15,22,25,27,30-31H,13-14,16,18-19H2,1-2H3/t25-,27?/m1/s1. The van der Waals surface area contributed by atoms with E-state index in [1.807, 2.05) is 24.3 Å². The van der Waals surface area contributed by atoms with Crippen molar-refractivity contribution in [2.75, 3.05) is 13.2 Å². The van der Waals surface area contributed by atoms with Crippen molar-refractivity contribution in [1.29, 1.82) is 5.26 Å². The van der Waals surface area contributed by atoms with Crippen LogP contribution in [0.1, 0.15) is 49.5 Å². The molecule has 0 saturated heterocycles. The number of aliphatic hydroxyl groups excluding tert-OH is 1. The molecular weight excluding hydrogens is 396 g/mol. The van der Waals surface area contributed by atoms with Gasteiger partial charge in [-0.15, -0.1) is 0 Å². The number of nitriles is 1. The van der Waals surface area contributed by atoms with E-state index in [1.54, 1.807) is 0 Å². The molecule has 0 aliphatic heterocycles. The smallest absolute Gasteiger partial charge is 0.0995 e. The van der Waals surface area contributed by atoms with Gasteiger partial charge < -0.3 is 15.2 Å². The summed E-state index contributed by atoms with van der Waals surface area (Å²) in [4.78, 5) is 0. The molecule has 0 bridgehead atoms. The van der Waals surface area contributed by atoms with Crippen LogP contribution in [0.15, 0.2) is 66.7 Å². The van der Waals surface area contributed by atoms with Gasteiger partial charge in [-0.3, -0.25) is 0 Å². The fourth-order valence-corrected chi connectivity index (χ4v) is 4.32. The van der Waals surface area contributed by atoms with Gasteiger partial charge in [-0.2, -0.15) is 5.26 Å². The number of rotatable bonds is 10. The molecule has 4 nitrogen and oxygen atoms in total. The number of nitrogens with zero attached hydrogens (tertiary/aromatic N) is 1. The first kappa shape index (κ1) is 22.5. The number of aliphatic hydroxyl groups is 1. The van der Waals surface area contributed by atoms with Crippen LogP contribution in [0, 0.1) is 17.2 Å². The van der Waals surface area contributed by atoms with E-state index < -0.39 is 6.10 Å². The highest BCUT2D eigenvalue weighted by atomic mass is 16.5. The van der Waals surface area contributed by atoms with Gasteiger partial charge in [0.25, 0.3) is 0 Å². The molecule has 2 atom stereocenters. The average molecular weight is 429 g/mol. The molecule has 0 aromatic heterocycles. The molecule has 32 heavy (non-hydrogen) atoms. The molecule has 3 aromatic carbocycles. The molecule has 1 aliphatic carbocycles. The van der Waals surface area contributed by atoms with Crippen molar-refractivity contribution in [1.82, 2.24) is 5.32 Å². The number of ether oxygens (including phenoxy) is 1. The maximum absolute atomic E-state index is 10.6. The van der Waals surface area contributed by atoms with Crippen LogP contribution in [0.4, 0.5) is 0 Å². The number of β-amino-alcohol motifs (C(OH)–C–C–N with tert-alkyl or cyclic N) is 1. The number of hydrogen-bond donors (Lipinski definition) is 2. The predicted molar refractivity (Wildman–Crippen MR) is 128 cm³/mol. The van der Waals surface area contributed by atoms with E-state index in [2.05, 4.69) is 67.7 Å². The van der Waals surface area contributed by atoms with Gasteiger partial charge in [-0.1, -0.05) is 60.7 Å². The summed E-state index contributed by atoms with van der Waals surface area (Å²) >= 11 is 0. The van der Waals surface area contributed by atoms with Gasteiger partial charge in [0.05, 0.1) is 30.4 Å². The first-order valence-corrected chi connectivity index (χ1v) is 11.5. The van der Waals surface area contributed by atoms with Gasteiger partial charge in [0.15, 0.2) is 0 Å². The molecule has 1 fully saturated rings. The molecule has 1 aliphatic rings. The van der Waals surface area contributed by atoms with Crippen molar-refractivity contribution >= 4 is 10.8 Å². The van der Waals surface area contributed by atoms with Gasteiger partial charge in [0.1, 0.15) is 0 Å². The van der Waals surface area contributed by atoms with Crippen molar-refractivity contribution in [3.8, 4) is 6.07 Å². The lowest BCUT2D eigenvalue weighted by Gasteiger charge is -2.29. The van der Waals surface area contributed by atoms with Gasteiger partial charge >= 0.3 is 0 Å². The molecule has 1 saturated carbocycles. The molecular formula is C28H32N2O2. The summed E-state index contributed by atoms with van der Waals surface area (Å²) in [5.74, 6) is 0.439. The molecule has 1 unspecified atom stereocenters. The van der Waals surface area contributed by atoms with Crippen LogP contribution in [0.25, 0.3) is 10.8 Å². The Morgan fingerprint density at radius 3 is 2.53 bits per heavy atom. The van der Waals surface area contributed by atoms with E-state index >= 15 is 0 Å². The third-order valence-corrected chi connectivity index (χ3v) is 6.18. The predicted octanol–water partition coefficient (Wildman–Crippen LogP) is 5.15. The van der Waals surface area contributed by atoms with Crippen LogP contribution >= 0.6 is 0 Å². The minimum Gasteiger partial charge on any atom is -0.389 e. The van der Waals surface area contributed by atoms with Crippen molar-refractivity contribution in [3.05, 3.63) is 83.4 Å². The van der Waals surface area contributed by atoms with Crippen LogP contribution in [0.2, 0.25) is 0 Å². The lowest BCUT2D eigenvalue weighted by Crippen LogP contribution is -2.46. The molecule has 0 radical (unpaired) electrons. The minimum atomic E-state index is -0.610. The summed E-state index contributed by atoms with van der Waals surface area (Å²) in [6.45, 7) is 5.02. The summed E-state index contributed by atoms with van der Waals surface area (Å²) in [6, 6.07) is 24.9. The number of hydrogen-bond acceptors (Lipinski definition) is 4. The summed E-state index contributed by atoms with van der Waals surface area (Å²) in [6.07, 6.45) is 2.35. The maximum Gasteiger partial charge on any atom is 0.0995 e. The van der Waals surface area contributed by atoms with E-state index in [-0.39, 0.29) is 18.2 Å². The fourth-order valence-electron chi connectivity index (χ4n) is 4.32. The van der Waals surface area contributed by atoms with Crippen molar-refractivity contribution in [2.45, 2.75) is 50.9 Å². The molecule has 0 spiro atoms. The maximum atomic E-state index is 10.6. The lowest BCUT2D eigenvalue weighted by molar-refractivity contribution is -0.0212. The normalized spacial score (nSPS) is 15.9. The second kappa shape index (κ2) is 9.83. The SMILES string of the molecule is CC(C)(Cc1ccc2ccccc2c1)NC[C@@H](O)COC(c1ccccc1C#N)C1CC1. The molecule has 3 aromatic rings. The lowest BCUT2D eigenvalue weighted by atomic mass is 9.93. The van der Waals surface area contributed by atoms with Crippen LogP contribution in [0.3, 0.4) is 0 Å². The Morgan fingerprint density at radius 1 is 1.06 bits per heavy atom. The third-order valence-electron chi connectivity index (χ3n) is 6.18. The van der Waals surface area contributed by atoms with Gasteiger partial charge in [0, 0.05) is 12.1 Å². The van der Waals surface area contributed by atoms with E-state index in [0.29, 0.717) is 18.0 Å². The van der Waals surface area contributed by atoms with Crippen LogP contribution in [-0.2, 0) is 11.2 Å². The number of fused-ring (bicyclic) bond motifs is 1. The summed E-state index contributed by atoms with van der Waals surface area (Å²) in [7, 11) is 0. The minimum absolute atomic E-state index is 0.119. The van der Waals surface area contributed by atoms with Gasteiger partial charge in [0.2, 0.25) is 0 Å². The summed E-state index contributed by atoms with van der Waals surface area (Å²) < 4.78 is 6.15. The highest BCUT2D eigenvalue weighted by Gasteiger charge is 2.35. The monoisotopic (exact) mass is 428 g/mol. The number of benzene rings is 3. The Morgan fingerprint density at radius 2 is 1.78 bits per heavy atom. The highest BCUT2D eigenvalue weighted by Crippen LogP contribution is 2.44. The largest absolute Gasteiger partial charge is 0.389 e. The Kier molecular flexibility index (Phi) is 6.91. The quantitative estimate of drug-likeness (QED) is 0.469. The Bertz CT molecular complexity index is 1100. The zero-order chi connectivity index (χ0) is 22.6. The Hall–Kier alpha value is -2.71. The first-order chi connectivity index (χ1) is 15.4. The topological polar surface area (TPSA) is 65.3 Å². The Balaban J connectivity index is 1.31. The van der Waals surface area contributed by atoms with Gasteiger partial charge in [-0.05, 0) is 67.0 Å². The molecule has 166 valence electrons.